The Balaban J connectivity index is 1.76. The fourth-order valence-corrected chi connectivity index (χ4v) is 3.95. The first kappa shape index (κ1) is 21.8. The molecule has 3 rings (SSSR count). The highest BCUT2D eigenvalue weighted by atomic mass is 35.5. The predicted molar refractivity (Wildman–Crippen MR) is 122 cm³/mol. The van der Waals surface area contributed by atoms with Crippen LogP contribution in [0.25, 0.3) is 5.57 Å². The zero-order valence-electron chi connectivity index (χ0n) is 16.4. The van der Waals surface area contributed by atoms with Crippen molar-refractivity contribution >= 4 is 34.9 Å². The van der Waals surface area contributed by atoms with E-state index >= 15 is 0 Å². The summed E-state index contributed by atoms with van der Waals surface area (Å²) >= 11 is 7.85. The van der Waals surface area contributed by atoms with Gasteiger partial charge in [-0.2, -0.15) is 0 Å². The number of carboxylic acid groups (broad SMARTS) is 1. The van der Waals surface area contributed by atoms with Gasteiger partial charge in [-0.3, -0.25) is 0 Å². The number of halogens is 1. The number of hydrogen-bond acceptors (Lipinski definition) is 4. The Hall–Kier alpha value is -2.89. The summed E-state index contributed by atoms with van der Waals surface area (Å²) in [6, 6.07) is 23.6. The SMILES string of the molecule is COc1ccc(/C(=C\CSc2ccc(OCC(=O)O)c(Cl)c2)c2ccccc2)cc1. The molecule has 0 heterocycles. The van der Waals surface area contributed by atoms with Gasteiger partial charge in [0.15, 0.2) is 6.61 Å². The standard InChI is InChI=1S/C24H21ClO4S/c1-28-19-9-7-18(8-10-19)21(17-5-3-2-4-6-17)13-14-30-20-11-12-23(22(25)15-20)29-16-24(26)27/h2-13,15H,14,16H2,1H3,(H,26,27)/b21-13-. The molecule has 0 bridgehead atoms. The van der Waals surface area contributed by atoms with Gasteiger partial charge in [-0.15, -0.1) is 11.8 Å². The van der Waals surface area contributed by atoms with Crippen LogP contribution in [0.2, 0.25) is 5.02 Å². The average molecular weight is 441 g/mol. The van der Waals surface area contributed by atoms with E-state index in [2.05, 4.69) is 18.2 Å². The van der Waals surface area contributed by atoms with Crippen molar-refractivity contribution in [2.75, 3.05) is 19.5 Å². The summed E-state index contributed by atoms with van der Waals surface area (Å²) in [6.07, 6.45) is 2.19. The maximum Gasteiger partial charge on any atom is 0.341 e. The summed E-state index contributed by atoms with van der Waals surface area (Å²) in [6.45, 7) is -0.419. The Kier molecular flexibility index (Phi) is 7.82. The Morgan fingerprint density at radius 3 is 2.37 bits per heavy atom. The van der Waals surface area contributed by atoms with E-state index in [9.17, 15) is 4.79 Å². The summed E-state index contributed by atoms with van der Waals surface area (Å²) in [5, 5.41) is 9.11. The molecule has 0 unspecified atom stereocenters. The van der Waals surface area contributed by atoms with E-state index in [1.807, 2.05) is 48.5 Å². The number of rotatable bonds is 9. The van der Waals surface area contributed by atoms with Crippen LogP contribution in [0.3, 0.4) is 0 Å². The normalized spacial score (nSPS) is 11.2. The van der Waals surface area contributed by atoms with Gasteiger partial charge < -0.3 is 14.6 Å². The maximum absolute atomic E-state index is 10.6. The number of thioether (sulfide) groups is 1. The zero-order chi connectivity index (χ0) is 21.3. The van der Waals surface area contributed by atoms with E-state index in [4.69, 9.17) is 26.2 Å². The van der Waals surface area contributed by atoms with Crippen molar-refractivity contribution in [2.45, 2.75) is 4.90 Å². The molecule has 0 aliphatic heterocycles. The topological polar surface area (TPSA) is 55.8 Å². The average Bonchev–Trinajstić information content (AvgIpc) is 2.77. The summed E-state index contributed by atoms with van der Waals surface area (Å²) in [5.41, 5.74) is 3.38. The molecule has 0 amide bonds. The number of methoxy groups -OCH3 is 1. The van der Waals surface area contributed by atoms with Crippen LogP contribution in [0, 0.1) is 0 Å². The molecular formula is C24H21ClO4S. The molecule has 0 saturated carbocycles. The first-order valence-electron chi connectivity index (χ1n) is 9.24. The lowest BCUT2D eigenvalue weighted by molar-refractivity contribution is -0.139. The van der Waals surface area contributed by atoms with Gasteiger partial charge in [0, 0.05) is 10.6 Å². The fourth-order valence-electron chi connectivity index (χ4n) is 2.84. The van der Waals surface area contributed by atoms with Crippen LogP contribution in [-0.2, 0) is 4.79 Å². The molecule has 6 heteroatoms. The first-order valence-corrected chi connectivity index (χ1v) is 10.6. The van der Waals surface area contributed by atoms with Crippen LogP contribution < -0.4 is 9.47 Å². The Morgan fingerprint density at radius 2 is 1.73 bits per heavy atom. The molecule has 0 saturated heterocycles. The molecule has 154 valence electrons. The molecule has 0 spiro atoms. The summed E-state index contributed by atoms with van der Waals surface area (Å²) in [5.74, 6) is 0.881. The Morgan fingerprint density at radius 1 is 1.03 bits per heavy atom. The number of carbonyl (C=O) groups is 1. The highest BCUT2D eigenvalue weighted by molar-refractivity contribution is 7.99. The van der Waals surface area contributed by atoms with E-state index in [1.54, 1.807) is 31.0 Å². The molecule has 3 aromatic rings. The van der Waals surface area contributed by atoms with Crippen LogP contribution in [-0.4, -0.2) is 30.5 Å². The van der Waals surface area contributed by atoms with Gasteiger partial charge in [0.1, 0.15) is 11.5 Å². The molecule has 1 N–H and O–H groups in total. The predicted octanol–water partition coefficient (Wildman–Crippen LogP) is 6.04. The second-order valence-corrected chi connectivity index (χ2v) is 7.80. The van der Waals surface area contributed by atoms with Gasteiger partial charge in [-0.25, -0.2) is 4.79 Å². The number of hydrogen-bond donors (Lipinski definition) is 1. The molecule has 0 aromatic heterocycles. The van der Waals surface area contributed by atoms with Crippen LogP contribution in [0.1, 0.15) is 11.1 Å². The van der Waals surface area contributed by atoms with E-state index in [1.165, 1.54) is 0 Å². The van der Waals surface area contributed by atoms with Gasteiger partial charge in [0.25, 0.3) is 0 Å². The van der Waals surface area contributed by atoms with Crippen LogP contribution in [0.4, 0.5) is 0 Å². The second kappa shape index (κ2) is 10.8. The number of benzene rings is 3. The molecule has 3 aromatic carbocycles. The molecule has 0 fully saturated rings. The number of ether oxygens (including phenoxy) is 2. The smallest absolute Gasteiger partial charge is 0.341 e. The van der Waals surface area contributed by atoms with E-state index in [-0.39, 0.29) is 0 Å². The van der Waals surface area contributed by atoms with Crippen molar-refractivity contribution in [1.29, 1.82) is 0 Å². The monoisotopic (exact) mass is 440 g/mol. The highest BCUT2D eigenvalue weighted by Crippen LogP contribution is 2.31. The Bertz CT molecular complexity index is 1020. The minimum atomic E-state index is -1.04. The van der Waals surface area contributed by atoms with Crippen molar-refractivity contribution in [3.05, 3.63) is 95.0 Å². The molecule has 0 aliphatic carbocycles. The number of aliphatic carboxylic acids is 1. The van der Waals surface area contributed by atoms with E-state index in [0.717, 1.165) is 33.1 Å². The van der Waals surface area contributed by atoms with Crippen LogP contribution >= 0.6 is 23.4 Å². The van der Waals surface area contributed by atoms with Crippen LogP contribution in [0.5, 0.6) is 11.5 Å². The lowest BCUT2D eigenvalue weighted by atomic mass is 9.98. The van der Waals surface area contributed by atoms with Gasteiger partial charge in [0.2, 0.25) is 0 Å². The summed E-state index contributed by atoms with van der Waals surface area (Å²) in [7, 11) is 1.66. The summed E-state index contributed by atoms with van der Waals surface area (Å²) < 4.78 is 10.4. The van der Waals surface area contributed by atoms with Crippen molar-refractivity contribution in [3.8, 4) is 11.5 Å². The van der Waals surface area contributed by atoms with Crippen molar-refractivity contribution in [2.24, 2.45) is 0 Å². The quantitative estimate of drug-likeness (QED) is 0.411. The van der Waals surface area contributed by atoms with Crippen molar-refractivity contribution in [1.82, 2.24) is 0 Å². The van der Waals surface area contributed by atoms with Crippen molar-refractivity contribution < 1.29 is 19.4 Å². The Labute approximate surface area is 185 Å². The third kappa shape index (κ3) is 6.05. The third-order valence-corrected chi connectivity index (χ3v) is 5.49. The highest BCUT2D eigenvalue weighted by Gasteiger charge is 2.08. The fraction of sp³-hybridized carbons (Fsp3) is 0.125. The minimum Gasteiger partial charge on any atom is -0.497 e. The molecule has 0 atom stereocenters. The lowest BCUT2D eigenvalue weighted by Crippen LogP contribution is -2.09. The largest absolute Gasteiger partial charge is 0.497 e. The number of carboxylic acids is 1. The van der Waals surface area contributed by atoms with Gasteiger partial charge in [-0.05, 0) is 47.0 Å². The van der Waals surface area contributed by atoms with E-state index < -0.39 is 12.6 Å². The molecule has 30 heavy (non-hydrogen) atoms. The maximum atomic E-state index is 10.6. The minimum absolute atomic E-state index is 0.363. The van der Waals surface area contributed by atoms with Crippen molar-refractivity contribution in [3.63, 3.8) is 0 Å². The molecule has 4 nitrogen and oxygen atoms in total. The third-order valence-electron chi connectivity index (χ3n) is 4.28. The zero-order valence-corrected chi connectivity index (χ0v) is 18.0. The first-order chi connectivity index (χ1) is 14.6. The van der Waals surface area contributed by atoms with Crippen LogP contribution in [0.15, 0.2) is 83.8 Å². The van der Waals surface area contributed by atoms with Gasteiger partial charge in [-0.1, -0.05) is 60.1 Å². The molecule has 0 radical (unpaired) electrons. The molecular weight excluding hydrogens is 420 g/mol. The van der Waals surface area contributed by atoms with E-state index in [0.29, 0.717) is 10.8 Å². The molecule has 0 aliphatic rings. The lowest BCUT2D eigenvalue weighted by Gasteiger charge is -2.10. The van der Waals surface area contributed by atoms with Gasteiger partial charge in [0.05, 0.1) is 12.1 Å². The summed E-state index contributed by atoms with van der Waals surface area (Å²) in [4.78, 5) is 11.6. The second-order valence-electron chi connectivity index (χ2n) is 6.30. The van der Waals surface area contributed by atoms with Gasteiger partial charge >= 0.3 is 5.97 Å².